The van der Waals surface area contributed by atoms with Crippen LogP contribution < -0.4 is 0 Å². The van der Waals surface area contributed by atoms with E-state index in [1.165, 1.54) is 4.90 Å². The van der Waals surface area contributed by atoms with E-state index < -0.39 is 6.04 Å². The van der Waals surface area contributed by atoms with Crippen molar-refractivity contribution in [3.05, 3.63) is 71.9 Å². The molecule has 2 aliphatic rings. The van der Waals surface area contributed by atoms with Gasteiger partial charge in [0.05, 0.1) is 17.8 Å². The second kappa shape index (κ2) is 8.20. The molecule has 0 N–H and O–H groups in total. The van der Waals surface area contributed by atoms with Crippen molar-refractivity contribution in [2.45, 2.75) is 19.9 Å². The van der Waals surface area contributed by atoms with Gasteiger partial charge < -0.3 is 9.80 Å². The molecule has 5 rings (SSSR count). The molecule has 0 spiro atoms. The van der Waals surface area contributed by atoms with Crippen LogP contribution in [0.1, 0.15) is 22.8 Å². The zero-order valence-electron chi connectivity index (χ0n) is 18.6. The monoisotopic (exact) mass is 443 g/mol. The van der Waals surface area contributed by atoms with Crippen LogP contribution in [0.5, 0.6) is 0 Å². The Kier molecular flexibility index (Phi) is 5.20. The van der Waals surface area contributed by atoms with Gasteiger partial charge in [-0.1, -0.05) is 48.0 Å². The van der Waals surface area contributed by atoms with Crippen LogP contribution in [0.3, 0.4) is 0 Å². The maximum Gasteiger partial charge on any atom is 0.327 e. The number of piperazine rings is 1. The number of likely N-dealkylation sites (N-methyl/N-ethyl adjacent to an activating group) is 1. The fraction of sp³-hybridized carbons (Fsp3) is 0.280. The highest BCUT2D eigenvalue weighted by atomic mass is 16.2. The number of hydrogen-bond acceptors (Lipinski definition) is 4. The summed E-state index contributed by atoms with van der Waals surface area (Å²) >= 11 is 0. The van der Waals surface area contributed by atoms with Crippen LogP contribution in [0.15, 0.2) is 60.8 Å². The largest absolute Gasteiger partial charge is 0.334 e. The Morgan fingerprint density at radius 2 is 1.76 bits per heavy atom. The van der Waals surface area contributed by atoms with Crippen LogP contribution in [0, 0.1) is 6.92 Å². The van der Waals surface area contributed by atoms with Gasteiger partial charge in [0.25, 0.3) is 11.8 Å². The van der Waals surface area contributed by atoms with Crippen molar-refractivity contribution in [2.75, 3.05) is 26.2 Å². The average molecular weight is 444 g/mol. The van der Waals surface area contributed by atoms with Gasteiger partial charge in [0.1, 0.15) is 11.7 Å². The lowest BCUT2D eigenvalue weighted by Gasteiger charge is -2.35. The first-order chi connectivity index (χ1) is 16.0. The number of aryl methyl sites for hydroxylation is 1. The molecule has 0 bridgehead atoms. The molecule has 168 valence electrons. The number of aromatic nitrogens is 2. The Morgan fingerprint density at radius 3 is 2.45 bits per heavy atom. The smallest absolute Gasteiger partial charge is 0.327 e. The van der Waals surface area contributed by atoms with Crippen LogP contribution in [0.25, 0.3) is 16.9 Å². The molecule has 2 fully saturated rings. The molecule has 1 unspecified atom stereocenters. The first-order valence-electron chi connectivity index (χ1n) is 11.1. The molecule has 2 saturated heterocycles. The SMILES string of the molecule is CCN1C(=O)C2CN(C(=O)c3cn(-c4ccc(C)cc4)nc3-c3ccccc3)CCN2C1=O. The Hall–Kier alpha value is -3.94. The number of hydrogen-bond donors (Lipinski definition) is 0. The fourth-order valence-electron chi connectivity index (χ4n) is 4.47. The van der Waals surface area contributed by atoms with E-state index in [2.05, 4.69) is 0 Å². The highest BCUT2D eigenvalue weighted by Crippen LogP contribution is 2.28. The Bertz CT molecular complexity index is 1220. The van der Waals surface area contributed by atoms with Crippen molar-refractivity contribution in [2.24, 2.45) is 0 Å². The van der Waals surface area contributed by atoms with Gasteiger partial charge in [0, 0.05) is 31.4 Å². The van der Waals surface area contributed by atoms with E-state index in [4.69, 9.17) is 5.10 Å². The summed E-state index contributed by atoms with van der Waals surface area (Å²) in [4.78, 5) is 43.3. The summed E-state index contributed by atoms with van der Waals surface area (Å²) < 4.78 is 1.72. The number of amides is 4. The molecule has 2 aliphatic heterocycles. The topological polar surface area (TPSA) is 78.8 Å². The Morgan fingerprint density at radius 1 is 1.03 bits per heavy atom. The van der Waals surface area contributed by atoms with E-state index in [-0.39, 0.29) is 24.4 Å². The number of benzene rings is 2. The van der Waals surface area contributed by atoms with Gasteiger partial charge in [-0.3, -0.25) is 14.5 Å². The second-order valence-electron chi connectivity index (χ2n) is 8.36. The minimum atomic E-state index is -0.623. The van der Waals surface area contributed by atoms with Crippen molar-refractivity contribution in [3.8, 4) is 16.9 Å². The summed E-state index contributed by atoms with van der Waals surface area (Å²) in [6, 6.07) is 16.6. The molecule has 0 saturated carbocycles. The minimum Gasteiger partial charge on any atom is -0.334 e. The number of carbonyl (C=O) groups is 3. The van der Waals surface area contributed by atoms with Gasteiger partial charge in [0.15, 0.2) is 0 Å². The third-order valence-electron chi connectivity index (χ3n) is 6.30. The van der Waals surface area contributed by atoms with E-state index in [1.807, 2.05) is 61.5 Å². The molecule has 33 heavy (non-hydrogen) atoms. The molecule has 8 nitrogen and oxygen atoms in total. The minimum absolute atomic E-state index is 0.184. The van der Waals surface area contributed by atoms with Gasteiger partial charge in [-0.15, -0.1) is 0 Å². The van der Waals surface area contributed by atoms with E-state index in [9.17, 15) is 14.4 Å². The highest BCUT2D eigenvalue weighted by Gasteiger charge is 2.47. The fourth-order valence-corrected chi connectivity index (χ4v) is 4.47. The Labute approximate surface area is 192 Å². The third-order valence-corrected chi connectivity index (χ3v) is 6.30. The number of rotatable bonds is 4. The summed E-state index contributed by atoms with van der Waals surface area (Å²) in [5, 5.41) is 4.74. The number of nitrogens with zero attached hydrogens (tertiary/aromatic N) is 5. The van der Waals surface area contributed by atoms with Gasteiger partial charge in [-0.25, -0.2) is 9.48 Å². The predicted octanol–water partition coefficient (Wildman–Crippen LogP) is 2.96. The van der Waals surface area contributed by atoms with Gasteiger partial charge in [-0.2, -0.15) is 5.10 Å². The third kappa shape index (κ3) is 3.57. The molecule has 2 aromatic carbocycles. The normalized spacial score (nSPS) is 18.1. The van der Waals surface area contributed by atoms with Crippen molar-refractivity contribution in [1.82, 2.24) is 24.5 Å². The van der Waals surface area contributed by atoms with Crippen molar-refractivity contribution in [3.63, 3.8) is 0 Å². The molecule has 1 aromatic heterocycles. The highest BCUT2D eigenvalue weighted by molar-refractivity contribution is 6.05. The molecular formula is C25H25N5O3. The maximum atomic E-state index is 13.7. The van der Waals surface area contributed by atoms with Crippen LogP contribution in [0.2, 0.25) is 0 Å². The lowest BCUT2D eigenvalue weighted by Crippen LogP contribution is -2.54. The summed E-state index contributed by atoms with van der Waals surface area (Å²) in [5.74, 6) is -0.430. The summed E-state index contributed by atoms with van der Waals surface area (Å²) in [6.45, 7) is 5.03. The molecule has 0 radical (unpaired) electrons. The molecule has 3 aromatic rings. The van der Waals surface area contributed by atoms with Crippen molar-refractivity contribution < 1.29 is 14.4 Å². The molecule has 4 amide bonds. The lowest BCUT2D eigenvalue weighted by atomic mass is 10.1. The van der Waals surface area contributed by atoms with Gasteiger partial charge in [-0.05, 0) is 26.0 Å². The van der Waals surface area contributed by atoms with Crippen LogP contribution in [-0.4, -0.2) is 74.5 Å². The zero-order valence-corrected chi connectivity index (χ0v) is 18.6. The Balaban J connectivity index is 1.49. The molecule has 0 aliphatic carbocycles. The average Bonchev–Trinajstić information content (AvgIpc) is 3.39. The van der Waals surface area contributed by atoms with Crippen LogP contribution >= 0.6 is 0 Å². The quantitative estimate of drug-likeness (QED) is 0.581. The molecule has 1 atom stereocenters. The first-order valence-corrected chi connectivity index (χ1v) is 11.1. The van der Waals surface area contributed by atoms with Gasteiger partial charge in [0.2, 0.25) is 0 Å². The lowest BCUT2D eigenvalue weighted by molar-refractivity contribution is -0.129. The van der Waals surface area contributed by atoms with E-state index in [0.29, 0.717) is 30.9 Å². The van der Waals surface area contributed by atoms with E-state index in [0.717, 1.165) is 16.8 Å². The summed E-state index contributed by atoms with van der Waals surface area (Å²) in [6.07, 6.45) is 1.75. The summed E-state index contributed by atoms with van der Waals surface area (Å²) in [5.41, 5.74) is 3.90. The predicted molar refractivity (Wildman–Crippen MR) is 123 cm³/mol. The van der Waals surface area contributed by atoms with E-state index in [1.54, 1.807) is 27.6 Å². The number of urea groups is 1. The number of fused-ring (bicyclic) bond motifs is 1. The van der Waals surface area contributed by atoms with Gasteiger partial charge >= 0.3 is 6.03 Å². The summed E-state index contributed by atoms with van der Waals surface area (Å²) in [7, 11) is 0. The molecular weight excluding hydrogens is 418 g/mol. The number of carbonyl (C=O) groups excluding carboxylic acids is 3. The number of imide groups is 1. The standard InChI is InChI=1S/C25H25N5O3/c1-3-28-24(32)21-16-27(13-14-29(21)25(28)33)23(31)20-15-30(19-11-9-17(2)10-12-19)26-22(20)18-7-5-4-6-8-18/h4-12,15,21H,3,13-14,16H2,1-2H3. The second-order valence-corrected chi connectivity index (χ2v) is 8.36. The molecule has 8 heteroatoms. The van der Waals surface area contributed by atoms with Crippen LogP contribution in [-0.2, 0) is 4.79 Å². The molecule has 3 heterocycles. The van der Waals surface area contributed by atoms with Crippen LogP contribution in [0.4, 0.5) is 4.79 Å². The van der Waals surface area contributed by atoms with Crippen molar-refractivity contribution >= 4 is 17.8 Å². The zero-order chi connectivity index (χ0) is 23.1. The maximum absolute atomic E-state index is 13.7. The van der Waals surface area contributed by atoms with E-state index >= 15 is 0 Å². The first kappa shape index (κ1) is 20.9. The van der Waals surface area contributed by atoms with Crippen molar-refractivity contribution in [1.29, 1.82) is 0 Å².